The minimum Gasteiger partial charge on any atom is -0.353 e. The van der Waals surface area contributed by atoms with Crippen LogP contribution in [0.5, 0.6) is 0 Å². The first-order chi connectivity index (χ1) is 14.6. The lowest BCUT2D eigenvalue weighted by Gasteiger charge is -2.35. The van der Waals surface area contributed by atoms with Crippen LogP contribution in [0.25, 0.3) is 5.69 Å². The van der Waals surface area contributed by atoms with Crippen LogP contribution in [0.1, 0.15) is 34.8 Å². The van der Waals surface area contributed by atoms with Gasteiger partial charge in [0.25, 0.3) is 5.91 Å². The van der Waals surface area contributed by atoms with Crippen LogP contribution in [0, 0.1) is 0 Å². The van der Waals surface area contributed by atoms with Gasteiger partial charge in [0, 0.05) is 43.3 Å². The highest BCUT2D eigenvalue weighted by molar-refractivity contribution is 6.35. The van der Waals surface area contributed by atoms with Gasteiger partial charge in [0.2, 0.25) is 0 Å². The molecule has 154 valence electrons. The summed E-state index contributed by atoms with van der Waals surface area (Å²) in [7, 11) is 0. The van der Waals surface area contributed by atoms with Gasteiger partial charge in [0.05, 0.1) is 28.2 Å². The third-order valence-electron chi connectivity index (χ3n) is 5.68. The van der Waals surface area contributed by atoms with Crippen molar-refractivity contribution in [1.82, 2.24) is 19.7 Å². The van der Waals surface area contributed by atoms with Gasteiger partial charge < -0.3 is 9.80 Å². The first kappa shape index (κ1) is 19.4. The molecule has 0 bridgehead atoms. The fourth-order valence-electron chi connectivity index (χ4n) is 3.97. The van der Waals surface area contributed by atoms with Crippen molar-refractivity contribution in [2.24, 2.45) is 0 Å². The molecule has 1 saturated heterocycles. The maximum Gasteiger partial charge on any atom is 0.257 e. The van der Waals surface area contributed by atoms with Gasteiger partial charge in [-0.25, -0.2) is 9.67 Å². The number of hydrogen-bond acceptors (Lipinski definition) is 4. The summed E-state index contributed by atoms with van der Waals surface area (Å²) in [6, 6.07) is 11.2. The first-order valence-corrected chi connectivity index (χ1v) is 10.9. The van der Waals surface area contributed by atoms with Crippen molar-refractivity contribution in [1.29, 1.82) is 0 Å². The summed E-state index contributed by atoms with van der Waals surface area (Å²) in [5.41, 5.74) is 2.38. The van der Waals surface area contributed by atoms with E-state index < -0.39 is 0 Å². The molecule has 0 unspecified atom stereocenters. The summed E-state index contributed by atoms with van der Waals surface area (Å²) in [6.07, 6.45) is 5.60. The van der Waals surface area contributed by atoms with E-state index in [4.69, 9.17) is 23.2 Å². The second-order valence-corrected chi connectivity index (χ2v) is 8.54. The molecule has 30 heavy (non-hydrogen) atoms. The van der Waals surface area contributed by atoms with Crippen molar-refractivity contribution in [2.75, 3.05) is 31.1 Å². The molecule has 8 heteroatoms. The van der Waals surface area contributed by atoms with Crippen LogP contribution in [0.4, 0.5) is 5.82 Å². The number of halogens is 2. The van der Waals surface area contributed by atoms with Crippen molar-refractivity contribution in [3.8, 4) is 5.69 Å². The van der Waals surface area contributed by atoms with E-state index in [0.29, 0.717) is 34.6 Å². The maximum atomic E-state index is 13.4. The van der Waals surface area contributed by atoms with Gasteiger partial charge in [0.1, 0.15) is 5.82 Å². The molecule has 1 saturated carbocycles. The average molecular weight is 442 g/mol. The van der Waals surface area contributed by atoms with E-state index in [9.17, 15) is 4.79 Å². The summed E-state index contributed by atoms with van der Waals surface area (Å²) >= 11 is 12.5. The van der Waals surface area contributed by atoms with Gasteiger partial charge >= 0.3 is 0 Å². The van der Waals surface area contributed by atoms with Crippen LogP contribution in [0.15, 0.2) is 48.8 Å². The largest absolute Gasteiger partial charge is 0.353 e. The standard InChI is InChI=1S/C22H21Cl2N5O/c23-16-6-7-19(18(24)13-16)29-21(15-4-5-15)17(14-26-29)22(30)28-11-9-27(10-12-28)20-3-1-2-8-25-20/h1-3,6-8,13-15H,4-5,9-12H2. The summed E-state index contributed by atoms with van der Waals surface area (Å²) < 4.78 is 1.81. The zero-order chi connectivity index (χ0) is 20.7. The van der Waals surface area contributed by atoms with E-state index in [0.717, 1.165) is 43.1 Å². The number of nitrogens with zero attached hydrogens (tertiary/aromatic N) is 5. The Hall–Kier alpha value is -2.57. The van der Waals surface area contributed by atoms with Crippen LogP contribution in [0.2, 0.25) is 10.0 Å². The number of benzene rings is 1. The molecular formula is C22H21Cl2N5O. The van der Waals surface area contributed by atoms with Crippen molar-refractivity contribution >= 4 is 34.9 Å². The second kappa shape index (κ2) is 7.93. The molecule has 6 nitrogen and oxygen atoms in total. The normalized spacial score (nSPS) is 16.7. The van der Waals surface area contributed by atoms with E-state index in [2.05, 4.69) is 15.0 Å². The fraction of sp³-hybridized carbons (Fsp3) is 0.318. The predicted octanol–water partition coefficient (Wildman–Crippen LogP) is 4.41. The molecule has 2 fully saturated rings. The number of piperazine rings is 1. The van der Waals surface area contributed by atoms with Crippen LogP contribution in [-0.2, 0) is 0 Å². The first-order valence-electron chi connectivity index (χ1n) is 10.1. The zero-order valence-corrected chi connectivity index (χ0v) is 17.9. The molecule has 2 aromatic heterocycles. The number of carbonyl (C=O) groups is 1. The molecule has 0 atom stereocenters. The van der Waals surface area contributed by atoms with E-state index in [1.165, 1.54) is 0 Å². The quantitative estimate of drug-likeness (QED) is 0.601. The molecular weight excluding hydrogens is 421 g/mol. The Balaban J connectivity index is 1.38. The molecule has 5 rings (SSSR count). The van der Waals surface area contributed by atoms with Gasteiger partial charge in [0.15, 0.2) is 0 Å². The highest BCUT2D eigenvalue weighted by atomic mass is 35.5. The summed E-state index contributed by atoms with van der Waals surface area (Å²) in [5.74, 6) is 1.33. The van der Waals surface area contributed by atoms with Gasteiger partial charge in [-0.2, -0.15) is 5.10 Å². The third-order valence-corrected chi connectivity index (χ3v) is 6.22. The van der Waals surface area contributed by atoms with E-state index in [-0.39, 0.29) is 5.91 Å². The summed E-state index contributed by atoms with van der Waals surface area (Å²) in [4.78, 5) is 21.9. The van der Waals surface area contributed by atoms with Crippen LogP contribution < -0.4 is 4.90 Å². The number of aromatic nitrogens is 3. The number of pyridine rings is 1. The monoisotopic (exact) mass is 441 g/mol. The second-order valence-electron chi connectivity index (χ2n) is 7.69. The Morgan fingerprint density at radius 2 is 1.83 bits per heavy atom. The molecule has 1 aliphatic heterocycles. The van der Waals surface area contributed by atoms with Crippen LogP contribution in [-0.4, -0.2) is 51.8 Å². The average Bonchev–Trinajstić information content (AvgIpc) is 3.52. The Morgan fingerprint density at radius 3 is 2.50 bits per heavy atom. The van der Waals surface area contributed by atoms with E-state index in [1.807, 2.05) is 33.8 Å². The van der Waals surface area contributed by atoms with E-state index in [1.54, 1.807) is 24.5 Å². The minimum atomic E-state index is 0.0360. The number of rotatable bonds is 4. The van der Waals surface area contributed by atoms with Crippen molar-refractivity contribution in [3.05, 3.63) is 70.1 Å². The highest BCUT2D eigenvalue weighted by Gasteiger charge is 2.35. The Bertz CT molecular complexity index is 1070. The number of anilines is 1. The molecule has 0 N–H and O–H groups in total. The predicted molar refractivity (Wildman–Crippen MR) is 118 cm³/mol. The molecule has 1 aromatic carbocycles. The molecule has 1 aliphatic carbocycles. The van der Waals surface area contributed by atoms with Crippen LogP contribution >= 0.6 is 23.2 Å². The fourth-order valence-corrected chi connectivity index (χ4v) is 4.46. The Morgan fingerprint density at radius 1 is 1.03 bits per heavy atom. The topological polar surface area (TPSA) is 54.3 Å². The third kappa shape index (κ3) is 3.66. The lowest BCUT2D eigenvalue weighted by molar-refractivity contribution is 0.0745. The van der Waals surface area contributed by atoms with Crippen LogP contribution in [0.3, 0.4) is 0 Å². The number of carbonyl (C=O) groups excluding carboxylic acids is 1. The van der Waals surface area contributed by atoms with E-state index >= 15 is 0 Å². The molecule has 1 amide bonds. The molecule has 2 aliphatic rings. The number of amides is 1. The van der Waals surface area contributed by atoms with Crippen molar-refractivity contribution in [3.63, 3.8) is 0 Å². The maximum absolute atomic E-state index is 13.4. The molecule has 3 aromatic rings. The van der Waals surface area contributed by atoms with Crippen molar-refractivity contribution < 1.29 is 4.79 Å². The highest BCUT2D eigenvalue weighted by Crippen LogP contribution is 2.43. The summed E-state index contributed by atoms with van der Waals surface area (Å²) in [6.45, 7) is 2.84. The Kier molecular flexibility index (Phi) is 5.13. The minimum absolute atomic E-state index is 0.0360. The molecule has 0 radical (unpaired) electrons. The zero-order valence-electron chi connectivity index (χ0n) is 16.3. The van der Waals surface area contributed by atoms with Gasteiger partial charge in [-0.05, 0) is 43.2 Å². The lowest BCUT2D eigenvalue weighted by atomic mass is 10.1. The van der Waals surface area contributed by atoms with Gasteiger partial charge in [-0.3, -0.25) is 4.79 Å². The SMILES string of the molecule is O=C(c1cnn(-c2ccc(Cl)cc2Cl)c1C1CC1)N1CCN(c2ccccn2)CC1. The summed E-state index contributed by atoms with van der Waals surface area (Å²) in [5, 5.41) is 5.64. The smallest absolute Gasteiger partial charge is 0.257 e. The molecule has 0 spiro atoms. The van der Waals surface area contributed by atoms with Gasteiger partial charge in [-0.1, -0.05) is 29.3 Å². The Labute approximate surface area is 185 Å². The lowest BCUT2D eigenvalue weighted by Crippen LogP contribution is -2.49. The number of hydrogen-bond donors (Lipinski definition) is 0. The van der Waals surface area contributed by atoms with Gasteiger partial charge in [-0.15, -0.1) is 0 Å². The molecule has 3 heterocycles. The van der Waals surface area contributed by atoms with Crippen molar-refractivity contribution in [2.45, 2.75) is 18.8 Å².